The van der Waals surface area contributed by atoms with Gasteiger partial charge in [-0.25, -0.2) is 0 Å². The van der Waals surface area contributed by atoms with Crippen LogP contribution in [0.5, 0.6) is 0 Å². The van der Waals surface area contributed by atoms with E-state index in [0.717, 1.165) is 16.3 Å². The molecule has 134 valence electrons. The van der Waals surface area contributed by atoms with Crippen LogP contribution in [0, 0.1) is 19.6 Å². The lowest BCUT2D eigenvalue weighted by molar-refractivity contribution is -0.660. The van der Waals surface area contributed by atoms with Crippen LogP contribution in [-0.4, -0.2) is 8.07 Å². The molecule has 1 heterocycles. The van der Waals surface area contributed by atoms with Gasteiger partial charge in [0.25, 0.3) is 0 Å². The third-order valence-electron chi connectivity index (χ3n) is 4.76. The maximum atomic E-state index is 15.3. The van der Waals surface area contributed by atoms with E-state index in [9.17, 15) is 0 Å². The van der Waals surface area contributed by atoms with Gasteiger partial charge in [0.2, 0.25) is 5.69 Å². The zero-order valence-electron chi connectivity index (χ0n) is 19.0. The van der Waals surface area contributed by atoms with Gasteiger partial charge in [0, 0.05) is 9.30 Å². The van der Waals surface area contributed by atoms with Gasteiger partial charge in [-0.1, -0.05) is 56.0 Å². The summed E-state index contributed by atoms with van der Waals surface area (Å²) in [5.41, 5.74) is 3.62. The summed E-state index contributed by atoms with van der Waals surface area (Å²) in [7, 11) is 0.182. The van der Waals surface area contributed by atoms with Crippen molar-refractivity contribution in [3.05, 3.63) is 71.7 Å². The quantitative estimate of drug-likeness (QED) is 0.445. The zero-order chi connectivity index (χ0) is 21.6. The number of aromatic nitrogens is 1. The Morgan fingerprint density at radius 3 is 2.23 bits per heavy atom. The van der Waals surface area contributed by atoms with Crippen molar-refractivity contribution in [1.82, 2.24) is 0 Å². The molecule has 0 saturated carbocycles. The predicted molar refractivity (Wildman–Crippen MR) is 111 cm³/mol. The van der Waals surface area contributed by atoms with Crippen LogP contribution in [-0.2, 0) is 7.05 Å². The van der Waals surface area contributed by atoms with E-state index in [2.05, 4.69) is 19.6 Å². The molecule has 0 radical (unpaired) electrons. The second-order valence-electron chi connectivity index (χ2n) is 7.86. The molecule has 0 aliphatic rings. The van der Waals surface area contributed by atoms with Gasteiger partial charge in [-0.3, -0.25) is 0 Å². The van der Waals surface area contributed by atoms with Crippen molar-refractivity contribution >= 4 is 13.3 Å². The van der Waals surface area contributed by atoms with E-state index in [0.29, 0.717) is 16.8 Å². The van der Waals surface area contributed by atoms with Crippen LogP contribution in [0.3, 0.4) is 0 Å². The van der Waals surface area contributed by atoms with Crippen molar-refractivity contribution in [3.63, 3.8) is 0 Å². The fraction of sp³-hybridized carbons (Fsp3) is 0.261. The van der Waals surface area contributed by atoms with E-state index >= 15 is 4.39 Å². The highest BCUT2D eigenvalue weighted by molar-refractivity contribution is 6.88. The monoisotopic (exact) mass is 367 g/mol. The van der Waals surface area contributed by atoms with Crippen molar-refractivity contribution in [2.75, 3.05) is 0 Å². The Labute approximate surface area is 161 Å². The minimum atomic E-state index is -2.25. The Balaban J connectivity index is 2.30. The van der Waals surface area contributed by atoms with Crippen molar-refractivity contribution in [2.24, 2.45) is 7.05 Å². The Bertz CT molecular complexity index is 1030. The zero-order valence-corrected chi connectivity index (χ0v) is 17.0. The number of rotatable bonds is 3. The van der Waals surface area contributed by atoms with Crippen molar-refractivity contribution in [3.8, 4) is 22.4 Å². The summed E-state index contributed by atoms with van der Waals surface area (Å²) in [4.78, 5) is 0. The van der Waals surface area contributed by atoms with Gasteiger partial charge in [0.05, 0.1) is 13.6 Å². The van der Waals surface area contributed by atoms with Gasteiger partial charge in [0.15, 0.2) is 12.0 Å². The average molecular weight is 368 g/mol. The molecular formula is C23H27FNSi+. The molecule has 26 heavy (non-hydrogen) atoms. The normalized spacial score (nSPS) is 13.8. The lowest BCUT2D eigenvalue weighted by atomic mass is 9.93. The minimum Gasteiger partial charge on any atom is -0.200 e. The lowest BCUT2D eigenvalue weighted by Gasteiger charge is -2.17. The molecule has 1 nitrogen and oxygen atoms in total. The number of halogens is 1. The van der Waals surface area contributed by atoms with Crippen molar-refractivity contribution < 1.29 is 13.1 Å². The van der Waals surface area contributed by atoms with E-state index in [1.165, 1.54) is 0 Å². The molecule has 0 aliphatic heterocycles. The fourth-order valence-corrected chi connectivity index (χ4v) is 4.37. The van der Waals surface area contributed by atoms with Crippen LogP contribution in [0.15, 0.2) is 54.7 Å². The first kappa shape index (κ1) is 14.9. The van der Waals surface area contributed by atoms with Crippen molar-refractivity contribution in [2.45, 2.75) is 33.4 Å². The Morgan fingerprint density at radius 2 is 1.65 bits per heavy atom. The molecule has 0 aliphatic carbocycles. The molecule has 3 rings (SSSR count). The first-order valence-electron chi connectivity index (χ1n) is 10.3. The molecule has 0 amide bonds. The third-order valence-corrected chi connectivity index (χ3v) is 6.77. The molecular weight excluding hydrogens is 337 g/mol. The highest BCUT2D eigenvalue weighted by Gasteiger charge is 2.26. The molecule has 0 saturated heterocycles. The highest BCUT2D eigenvalue weighted by Crippen LogP contribution is 2.31. The summed E-state index contributed by atoms with van der Waals surface area (Å²) in [6, 6.07) is 14.5. The molecule has 0 unspecified atom stereocenters. The maximum absolute atomic E-state index is 15.3. The topological polar surface area (TPSA) is 3.88 Å². The standard InChI is InChI=1S/C23H27FNSi/c1-16-12-17(2)21(14-20(16)18-10-8-7-9-11-18)23-22(24)13-19(15-25(23)3)26(4,5)6/h7-15H,1-6H3/q+1/i1D3. The molecule has 0 N–H and O–H groups in total. The number of benzene rings is 2. The predicted octanol–water partition coefficient (Wildman–Crippen LogP) is 5.15. The Kier molecular flexibility index (Phi) is 3.89. The van der Waals surface area contributed by atoms with Gasteiger partial charge >= 0.3 is 0 Å². The SMILES string of the molecule is [2H]C([2H])([2H])c1cc(C)c(-c2c(F)cc([Si](C)(C)C)c[n+]2C)cc1-c1ccccc1. The van der Waals surface area contributed by atoms with E-state index in [-0.39, 0.29) is 11.4 Å². The number of nitrogens with zero attached hydrogens (tertiary/aromatic N) is 1. The molecule has 2 aromatic carbocycles. The number of aryl methyl sites for hydroxylation is 3. The molecule has 3 heteroatoms. The molecule has 3 aromatic rings. The lowest BCUT2D eigenvalue weighted by Crippen LogP contribution is -2.46. The van der Waals surface area contributed by atoms with E-state index in [1.807, 2.05) is 61.1 Å². The smallest absolute Gasteiger partial charge is 0.200 e. The third kappa shape index (κ3) is 3.49. The summed E-state index contributed by atoms with van der Waals surface area (Å²) in [5, 5.41) is 1.04. The van der Waals surface area contributed by atoms with Crippen LogP contribution in [0.4, 0.5) is 4.39 Å². The molecule has 0 spiro atoms. The molecule has 0 atom stereocenters. The maximum Gasteiger partial charge on any atom is 0.248 e. The molecule has 0 fully saturated rings. The number of hydrogen-bond donors (Lipinski definition) is 0. The largest absolute Gasteiger partial charge is 0.248 e. The average Bonchev–Trinajstić information content (AvgIpc) is 2.61. The van der Waals surface area contributed by atoms with Gasteiger partial charge in [-0.05, 0) is 48.2 Å². The van der Waals surface area contributed by atoms with Crippen LogP contribution in [0.2, 0.25) is 19.6 Å². The fourth-order valence-electron chi connectivity index (χ4n) is 3.23. The second-order valence-corrected chi connectivity index (χ2v) is 12.9. The van der Waals surface area contributed by atoms with Crippen LogP contribution in [0.1, 0.15) is 15.2 Å². The van der Waals surface area contributed by atoms with E-state index < -0.39 is 14.9 Å². The molecule has 0 bridgehead atoms. The van der Waals surface area contributed by atoms with Gasteiger partial charge < -0.3 is 0 Å². The summed E-state index contributed by atoms with van der Waals surface area (Å²) in [6.07, 6.45) is 2.00. The number of hydrogen-bond acceptors (Lipinski definition) is 0. The Hall–Kier alpha value is -2.26. The van der Waals surface area contributed by atoms with Crippen LogP contribution >= 0.6 is 0 Å². The van der Waals surface area contributed by atoms with Crippen molar-refractivity contribution in [1.29, 1.82) is 0 Å². The van der Waals surface area contributed by atoms with Gasteiger partial charge in [-0.15, -0.1) is 0 Å². The van der Waals surface area contributed by atoms with Gasteiger partial charge in [-0.2, -0.15) is 8.96 Å². The van der Waals surface area contributed by atoms with Crippen LogP contribution < -0.4 is 9.75 Å². The highest BCUT2D eigenvalue weighted by atomic mass is 28.3. The summed E-state index contributed by atoms with van der Waals surface area (Å²) in [6.45, 7) is 6.14. The minimum absolute atomic E-state index is 0.281. The summed E-state index contributed by atoms with van der Waals surface area (Å²) >= 11 is 0. The van der Waals surface area contributed by atoms with Gasteiger partial charge in [0.1, 0.15) is 7.05 Å². The second kappa shape index (κ2) is 6.80. The number of pyridine rings is 1. The summed E-state index contributed by atoms with van der Waals surface area (Å²) < 4.78 is 41.0. The van der Waals surface area contributed by atoms with E-state index in [4.69, 9.17) is 4.11 Å². The Morgan fingerprint density at radius 1 is 0.962 bits per heavy atom. The van der Waals surface area contributed by atoms with E-state index in [1.54, 1.807) is 12.1 Å². The first-order valence-corrected chi connectivity index (χ1v) is 12.3. The molecule has 1 aromatic heterocycles. The summed E-state index contributed by atoms with van der Waals surface area (Å²) in [5.74, 6) is -0.281. The first-order chi connectivity index (χ1) is 13.4. The van der Waals surface area contributed by atoms with Crippen LogP contribution in [0.25, 0.3) is 22.4 Å².